The van der Waals surface area contributed by atoms with Crippen molar-refractivity contribution in [2.75, 3.05) is 0 Å². The molecule has 0 spiro atoms. The highest BCUT2D eigenvalue weighted by molar-refractivity contribution is 5.85. The van der Waals surface area contributed by atoms with Crippen LogP contribution in [0.4, 0.5) is 4.39 Å². The van der Waals surface area contributed by atoms with Gasteiger partial charge < -0.3 is 10.8 Å². The minimum atomic E-state index is -0.713. The van der Waals surface area contributed by atoms with Crippen LogP contribution in [0, 0.1) is 23.1 Å². The number of hydrogen-bond donors (Lipinski definition) is 2. The number of nitrogens with two attached hydrogens (primary N) is 1. The van der Waals surface area contributed by atoms with E-state index in [1.807, 2.05) is 6.07 Å². The van der Waals surface area contributed by atoms with E-state index in [2.05, 4.69) is 0 Å². The molecule has 0 amide bonds. The Labute approximate surface area is 118 Å². The van der Waals surface area contributed by atoms with Gasteiger partial charge in [-0.05, 0) is 30.9 Å². The molecular formula is C14H18ClFN2O. The predicted molar refractivity (Wildman–Crippen MR) is 73.5 cm³/mol. The number of halogens is 2. The molecule has 1 fully saturated rings. The fourth-order valence-corrected chi connectivity index (χ4v) is 2.75. The van der Waals surface area contributed by atoms with Crippen LogP contribution in [0.1, 0.15) is 49.3 Å². The Morgan fingerprint density at radius 3 is 2.53 bits per heavy atom. The smallest absolute Gasteiger partial charge is 0.165 e. The third kappa shape index (κ3) is 3.17. The van der Waals surface area contributed by atoms with Gasteiger partial charge in [-0.15, -0.1) is 12.4 Å². The minimum absolute atomic E-state index is 0. The summed E-state index contributed by atoms with van der Waals surface area (Å²) in [6, 6.07) is 4.00. The number of phenols is 1. The highest BCUT2D eigenvalue weighted by atomic mass is 35.5. The van der Waals surface area contributed by atoms with E-state index in [1.165, 1.54) is 12.5 Å². The van der Waals surface area contributed by atoms with Crippen LogP contribution < -0.4 is 5.73 Å². The van der Waals surface area contributed by atoms with Crippen molar-refractivity contribution in [1.82, 2.24) is 0 Å². The summed E-state index contributed by atoms with van der Waals surface area (Å²) in [6.45, 7) is 0. The summed E-state index contributed by atoms with van der Waals surface area (Å²) in [5.41, 5.74) is 6.68. The van der Waals surface area contributed by atoms with Crippen LogP contribution in [0.5, 0.6) is 5.75 Å². The minimum Gasteiger partial charge on any atom is -0.505 e. The molecule has 1 aromatic rings. The number of rotatable bonds is 2. The topological polar surface area (TPSA) is 70.0 Å². The predicted octanol–water partition coefficient (Wildman–Crippen LogP) is 3.40. The molecule has 104 valence electrons. The Bertz CT molecular complexity index is 481. The quantitative estimate of drug-likeness (QED) is 0.874. The molecule has 0 radical (unpaired) electrons. The third-order valence-corrected chi connectivity index (χ3v) is 3.78. The van der Waals surface area contributed by atoms with Gasteiger partial charge in [0.05, 0.1) is 11.6 Å². The number of hydrogen-bond acceptors (Lipinski definition) is 3. The largest absolute Gasteiger partial charge is 0.505 e. The Morgan fingerprint density at radius 2 is 1.95 bits per heavy atom. The number of aromatic hydroxyl groups is 1. The number of benzene rings is 1. The zero-order chi connectivity index (χ0) is 13.1. The average molecular weight is 285 g/mol. The van der Waals surface area contributed by atoms with Crippen LogP contribution in [0.25, 0.3) is 0 Å². The van der Waals surface area contributed by atoms with Gasteiger partial charge in [0.1, 0.15) is 0 Å². The van der Waals surface area contributed by atoms with Gasteiger partial charge in [-0.25, -0.2) is 4.39 Å². The van der Waals surface area contributed by atoms with E-state index in [1.54, 1.807) is 0 Å². The van der Waals surface area contributed by atoms with Crippen molar-refractivity contribution in [3.05, 3.63) is 29.1 Å². The van der Waals surface area contributed by atoms with Gasteiger partial charge >= 0.3 is 0 Å². The Hall–Kier alpha value is -1.31. The van der Waals surface area contributed by atoms with Gasteiger partial charge in [0.15, 0.2) is 11.6 Å². The van der Waals surface area contributed by atoms with E-state index in [4.69, 9.17) is 11.0 Å². The van der Waals surface area contributed by atoms with Crippen LogP contribution >= 0.6 is 12.4 Å². The number of nitriles is 1. The van der Waals surface area contributed by atoms with Gasteiger partial charge in [-0.1, -0.05) is 19.3 Å². The molecule has 1 aliphatic carbocycles. The second kappa shape index (κ2) is 6.74. The Kier molecular flexibility index (Phi) is 5.59. The molecule has 0 heterocycles. The van der Waals surface area contributed by atoms with Crippen molar-refractivity contribution >= 4 is 12.4 Å². The molecule has 1 atom stereocenters. The van der Waals surface area contributed by atoms with Crippen LogP contribution in [0.2, 0.25) is 0 Å². The summed E-state index contributed by atoms with van der Waals surface area (Å²) < 4.78 is 13.4. The van der Waals surface area contributed by atoms with Crippen LogP contribution in [-0.4, -0.2) is 5.11 Å². The molecule has 0 aromatic heterocycles. The van der Waals surface area contributed by atoms with Crippen molar-refractivity contribution in [3.8, 4) is 11.8 Å². The van der Waals surface area contributed by atoms with Gasteiger partial charge in [0, 0.05) is 11.6 Å². The van der Waals surface area contributed by atoms with E-state index in [0.717, 1.165) is 31.7 Å². The monoisotopic (exact) mass is 284 g/mol. The Balaban J connectivity index is 0.00000180. The van der Waals surface area contributed by atoms with Crippen LogP contribution in [0.15, 0.2) is 12.1 Å². The Morgan fingerprint density at radius 1 is 1.32 bits per heavy atom. The standard InChI is InChI=1S/C14H17FN2O.ClH/c15-11-7-6-10(8-16)12(14(11)18)13(17)9-4-2-1-3-5-9;/h6-7,9,13,18H,1-5,17H2;1H/t13-;/m1./s1. The van der Waals surface area contributed by atoms with E-state index >= 15 is 0 Å². The molecule has 0 unspecified atom stereocenters. The molecule has 1 aliphatic rings. The van der Waals surface area contributed by atoms with E-state index in [-0.39, 0.29) is 29.5 Å². The van der Waals surface area contributed by atoms with Crippen molar-refractivity contribution in [2.45, 2.75) is 38.1 Å². The third-order valence-electron chi connectivity index (χ3n) is 3.78. The van der Waals surface area contributed by atoms with Crippen LogP contribution in [0.3, 0.4) is 0 Å². The maximum Gasteiger partial charge on any atom is 0.165 e. The molecule has 3 nitrogen and oxygen atoms in total. The molecule has 0 aliphatic heterocycles. The van der Waals surface area contributed by atoms with Crippen molar-refractivity contribution < 1.29 is 9.50 Å². The highest BCUT2D eigenvalue weighted by Gasteiger charge is 2.27. The zero-order valence-electron chi connectivity index (χ0n) is 10.6. The lowest BCUT2D eigenvalue weighted by Crippen LogP contribution is -2.24. The number of nitrogens with zero attached hydrogens (tertiary/aromatic N) is 1. The lowest BCUT2D eigenvalue weighted by atomic mass is 9.80. The second-order valence-electron chi connectivity index (χ2n) is 4.89. The van der Waals surface area contributed by atoms with E-state index in [9.17, 15) is 9.50 Å². The molecule has 0 saturated heterocycles. The van der Waals surface area contributed by atoms with Crippen LogP contribution in [-0.2, 0) is 0 Å². The zero-order valence-corrected chi connectivity index (χ0v) is 11.4. The molecule has 0 bridgehead atoms. The molecule has 1 saturated carbocycles. The van der Waals surface area contributed by atoms with Crippen molar-refractivity contribution in [3.63, 3.8) is 0 Å². The lowest BCUT2D eigenvalue weighted by molar-refractivity contribution is 0.300. The molecule has 5 heteroatoms. The molecular weight excluding hydrogens is 267 g/mol. The summed E-state index contributed by atoms with van der Waals surface area (Å²) in [7, 11) is 0. The van der Waals surface area contributed by atoms with Gasteiger partial charge in [-0.3, -0.25) is 0 Å². The first-order valence-electron chi connectivity index (χ1n) is 6.32. The van der Waals surface area contributed by atoms with Gasteiger partial charge in [0.2, 0.25) is 0 Å². The molecule has 3 N–H and O–H groups in total. The number of phenolic OH excluding ortho intramolecular Hbond substituents is 1. The summed E-state index contributed by atoms with van der Waals surface area (Å²) in [5, 5.41) is 18.8. The fourth-order valence-electron chi connectivity index (χ4n) is 2.75. The summed E-state index contributed by atoms with van der Waals surface area (Å²) in [6.07, 6.45) is 5.36. The van der Waals surface area contributed by atoms with E-state index in [0.29, 0.717) is 0 Å². The van der Waals surface area contributed by atoms with Gasteiger partial charge in [-0.2, -0.15) is 5.26 Å². The van der Waals surface area contributed by atoms with Crippen molar-refractivity contribution in [2.24, 2.45) is 11.7 Å². The first kappa shape index (κ1) is 15.7. The fraction of sp³-hybridized carbons (Fsp3) is 0.500. The normalized spacial score (nSPS) is 17.3. The summed E-state index contributed by atoms with van der Waals surface area (Å²) in [5.74, 6) is -0.957. The first-order valence-corrected chi connectivity index (χ1v) is 6.32. The lowest BCUT2D eigenvalue weighted by Gasteiger charge is -2.28. The summed E-state index contributed by atoms with van der Waals surface area (Å²) in [4.78, 5) is 0. The van der Waals surface area contributed by atoms with Crippen molar-refractivity contribution in [1.29, 1.82) is 5.26 Å². The van der Waals surface area contributed by atoms with Gasteiger partial charge in [0.25, 0.3) is 0 Å². The average Bonchev–Trinajstić information content (AvgIpc) is 2.42. The summed E-state index contributed by atoms with van der Waals surface area (Å²) >= 11 is 0. The molecule has 2 rings (SSSR count). The first-order chi connectivity index (χ1) is 8.65. The molecule has 19 heavy (non-hydrogen) atoms. The van der Waals surface area contributed by atoms with E-state index < -0.39 is 17.6 Å². The maximum absolute atomic E-state index is 13.4. The second-order valence-corrected chi connectivity index (χ2v) is 4.89. The molecule has 1 aromatic carbocycles. The highest BCUT2D eigenvalue weighted by Crippen LogP contribution is 2.38. The SMILES string of the molecule is Cl.N#Cc1ccc(F)c(O)c1[C@H](N)C1CCCCC1. The maximum atomic E-state index is 13.4.